The van der Waals surface area contributed by atoms with Crippen molar-refractivity contribution in [1.29, 1.82) is 0 Å². The number of nitrogens with two attached hydrogens (primary N) is 1. The van der Waals surface area contributed by atoms with Gasteiger partial charge in [0.1, 0.15) is 12.1 Å². The van der Waals surface area contributed by atoms with Gasteiger partial charge in [-0.1, -0.05) is 30.1 Å². The number of hydrogen-bond acceptors (Lipinski definition) is 5. The largest absolute Gasteiger partial charge is 0.476 e. The molecule has 0 saturated carbocycles. The fourth-order valence-corrected chi connectivity index (χ4v) is 2.28. The summed E-state index contributed by atoms with van der Waals surface area (Å²) >= 11 is 15.4. The molecule has 0 amide bonds. The summed E-state index contributed by atoms with van der Waals surface area (Å²) in [4.78, 5) is 7.95. The first kappa shape index (κ1) is 16.1. The standard InChI is InChI=1S/C13H12BrCl2N3O2/c1-2-3-20-12-11(17)13(19-6-18-12)21-10-5-8(15)7(14)4-9(10)16/h4-6H,2-3,17H2,1H3. The molecule has 0 aliphatic heterocycles. The van der Waals surface area contributed by atoms with Crippen molar-refractivity contribution in [2.24, 2.45) is 0 Å². The zero-order valence-electron chi connectivity index (χ0n) is 11.1. The first-order valence-corrected chi connectivity index (χ1v) is 7.63. The maximum Gasteiger partial charge on any atom is 0.249 e. The first-order valence-electron chi connectivity index (χ1n) is 6.08. The number of anilines is 1. The van der Waals surface area contributed by atoms with E-state index in [2.05, 4.69) is 25.9 Å². The van der Waals surface area contributed by atoms with Crippen LogP contribution in [0.4, 0.5) is 5.69 Å². The van der Waals surface area contributed by atoms with E-state index in [0.29, 0.717) is 26.9 Å². The summed E-state index contributed by atoms with van der Waals surface area (Å²) in [6.45, 7) is 2.49. The van der Waals surface area contributed by atoms with Gasteiger partial charge in [-0.05, 0) is 28.4 Å². The van der Waals surface area contributed by atoms with E-state index in [-0.39, 0.29) is 17.4 Å². The molecule has 5 nitrogen and oxygen atoms in total. The van der Waals surface area contributed by atoms with Gasteiger partial charge in [0.2, 0.25) is 11.8 Å². The van der Waals surface area contributed by atoms with Crippen LogP contribution in [0.3, 0.4) is 0 Å². The van der Waals surface area contributed by atoms with E-state index in [9.17, 15) is 0 Å². The zero-order chi connectivity index (χ0) is 15.4. The van der Waals surface area contributed by atoms with Crippen LogP contribution in [0.5, 0.6) is 17.5 Å². The van der Waals surface area contributed by atoms with Crippen molar-refractivity contribution in [1.82, 2.24) is 9.97 Å². The Balaban J connectivity index is 2.29. The van der Waals surface area contributed by atoms with Gasteiger partial charge < -0.3 is 15.2 Å². The van der Waals surface area contributed by atoms with Gasteiger partial charge in [-0.3, -0.25) is 0 Å². The predicted molar refractivity (Wildman–Crippen MR) is 86.5 cm³/mol. The van der Waals surface area contributed by atoms with Crippen molar-refractivity contribution in [2.75, 3.05) is 12.3 Å². The topological polar surface area (TPSA) is 70.3 Å². The van der Waals surface area contributed by atoms with E-state index in [1.807, 2.05) is 6.92 Å². The summed E-state index contributed by atoms with van der Waals surface area (Å²) in [6.07, 6.45) is 2.15. The molecule has 0 unspecified atom stereocenters. The fourth-order valence-electron chi connectivity index (χ4n) is 1.45. The van der Waals surface area contributed by atoms with Gasteiger partial charge in [0.05, 0.1) is 16.7 Å². The fraction of sp³-hybridized carbons (Fsp3) is 0.231. The second-order valence-corrected chi connectivity index (χ2v) is 5.71. The highest BCUT2D eigenvalue weighted by atomic mass is 79.9. The summed E-state index contributed by atoms with van der Waals surface area (Å²) in [5.41, 5.74) is 6.14. The molecule has 2 aromatic rings. The molecule has 0 aliphatic carbocycles. The van der Waals surface area contributed by atoms with Gasteiger partial charge in [0, 0.05) is 10.5 Å². The lowest BCUT2D eigenvalue weighted by atomic mass is 10.3. The Morgan fingerprint density at radius 3 is 2.62 bits per heavy atom. The van der Waals surface area contributed by atoms with Gasteiger partial charge in [-0.25, -0.2) is 0 Å². The molecule has 0 saturated heterocycles. The maximum atomic E-state index is 6.10. The minimum absolute atomic E-state index is 0.163. The van der Waals surface area contributed by atoms with Crippen LogP contribution in [0, 0.1) is 0 Å². The van der Waals surface area contributed by atoms with E-state index in [0.717, 1.165) is 6.42 Å². The lowest BCUT2D eigenvalue weighted by Crippen LogP contribution is -2.04. The molecule has 21 heavy (non-hydrogen) atoms. The summed E-state index contributed by atoms with van der Waals surface area (Å²) in [7, 11) is 0. The van der Waals surface area contributed by atoms with Crippen molar-refractivity contribution in [3.8, 4) is 17.5 Å². The molecule has 0 aliphatic rings. The highest BCUT2D eigenvalue weighted by molar-refractivity contribution is 9.10. The second kappa shape index (κ2) is 7.15. The third-order valence-corrected chi connectivity index (χ3v) is 3.93. The number of aromatic nitrogens is 2. The molecule has 8 heteroatoms. The van der Waals surface area contributed by atoms with Gasteiger partial charge in [-0.2, -0.15) is 9.97 Å². The summed E-state index contributed by atoms with van der Waals surface area (Å²) < 4.78 is 11.7. The van der Waals surface area contributed by atoms with E-state index in [1.165, 1.54) is 6.33 Å². The molecule has 2 rings (SSSR count). The van der Waals surface area contributed by atoms with Gasteiger partial charge in [0.25, 0.3) is 0 Å². The van der Waals surface area contributed by atoms with Crippen LogP contribution in [0.15, 0.2) is 22.9 Å². The molecule has 1 aromatic carbocycles. The van der Waals surface area contributed by atoms with Crippen LogP contribution < -0.4 is 15.2 Å². The van der Waals surface area contributed by atoms with Crippen LogP contribution in [-0.2, 0) is 0 Å². The Labute approximate surface area is 140 Å². The number of nitrogen functional groups attached to an aromatic ring is 1. The average molecular weight is 393 g/mol. The van der Waals surface area contributed by atoms with Gasteiger partial charge >= 0.3 is 0 Å². The molecule has 1 aromatic heterocycles. The Morgan fingerprint density at radius 2 is 1.90 bits per heavy atom. The third-order valence-electron chi connectivity index (χ3n) is 2.44. The zero-order valence-corrected chi connectivity index (χ0v) is 14.2. The Hall–Kier alpha value is -1.24. The molecule has 0 fully saturated rings. The lowest BCUT2D eigenvalue weighted by molar-refractivity contribution is 0.304. The molecule has 0 radical (unpaired) electrons. The Bertz CT molecular complexity index is 656. The molecule has 1 heterocycles. The van der Waals surface area contributed by atoms with Crippen LogP contribution in [-0.4, -0.2) is 16.6 Å². The SMILES string of the molecule is CCCOc1ncnc(Oc2cc(Cl)c(Br)cc2Cl)c1N. The summed E-state index contributed by atoms with van der Waals surface area (Å²) in [5.74, 6) is 0.786. The highest BCUT2D eigenvalue weighted by Crippen LogP contribution is 2.38. The number of halogens is 3. The van der Waals surface area contributed by atoms with Crippen LogP contribution in [0.25, 0.3) is 0 Å². The molecule has 0 spiro atoms. The Kier molecular flexibility index (Phi) is 5.50. The minimum atomic E-state index is 0.163. The maximum absolute atomic E-state index is 6.10. The van der Waals surface area contributed by atoms with E-state index in [1.54, 1.807) is 12.1 Å². The minimum Gasteiger partial charge on any atom is -0.476 e. The Morgan fingerprint density at radius 1 is 1.19 bits per heavy atom. The summed E-state index contributed by atoms with van der Waals surface area (Å²) in [5, 5.41) is 0.838. The number of ether oxygens (including phenoxy) is 2. The van der Waals surface area contributed by atoms with Crippen LogP contribution in [0.2, 0.25) is 10.0 Å². The van der Waals surface area contributed by atoms with Crippen LogP contribution >= 0.6 is 39.1 Å². The van der Waals surface area contributed by atoms with Crippen molar-refractivity contribution >= 4 is 44.8 Å². The number of benzene rings is 1. The molecule has 2 N–H and O–H groups in total. The van der Waals surface area contributed by atoms with Gasteiger partial charge in [0.15, 0.2) is 5.69 Å². The van der Waals surface area contributed by atoms with E-state index in [4.69, 9.17) is 38.4 Å². The smallest absolute Gasteiger partial charge is 0.249 e. The normalized spacial score (nSPS) is 10.5. The van der Waals surface area contributed by atoms with Crippen molar-refractivity contribution in [2.45, 2.75) is 13.3 Å². The highest BCUT2D eigenvalue weighted by Gasteiger charge is 2.14. The van der Waals surface area contributed by atoms with Crippen molar-refractivity contribution in [3.63, 3.8) is 0 Å². The summed E-state index contributed by atoms with van der Waals surface area (Å²) in [6, 6.07) is 3.20. The van der Waals surface area contributed by atoms with Gasteiger partial charge in [-0.15, -0.1) is 0 Å². The van der Waals surface area contributed by atoms with E-state index < -0.39 is 0 Å². The molecule has 0 bridgehead atoms. The third kappa shape index (κ3) is 3.90. The van der Waals surface area contributed by atoms with Crippen molar-refractivity contribution < 1.29 is 9.47 Å². The molecular formula is C13H12BrCl2N3O2. The molecule has 0 atom stereocenters. The van der Waals surface area contributed by atoms with Crippen LogP contribution in [0.1, 0.15) is 13.3 Å². The lowest BCUT2D eigenvalue weighted by Gasteiger charge is -2.12. The number of rotatable bonds is 5. The molecular weight excluding hydrogens is 381 g/mol. The second-order valence-electron chi connectivity index (χ2n) is 4.04. The van der Waals surface area contributed by atoms with E-state index >= 15 is 0 Å². The predicted octanol–water partition coefficient (Wildman–Crippen LogP) is 4.71. The number of hydrogen-bond donors (Lipinski definition) is 1. The quantitative estimate of drug-likeness (QED) is 0.746. The monoisotopic (exact) mass is 391 g/mol. The average Bonchev–Trinajstić information content (AvgIpc) is 2.45. The number of nitrogens with zero attached hydrogens (tertiary/aromatic N) is 2. The molecule has 112 valence electrons. The first-order chi connectivity index (χ1) is 10.0. The van der Waals surface area contributed by atoms with Crippen molar-refractivity contribution in [3.05, 3.63) is 33.0 Å².